The Bertz CT molecular complexity index is 613. The fourth-order valence-corrected chi connectivity index (χ4v) is 4.20. The lowest BCUT2D eigenvalue weighted by molar-refractivity contribution is 0.174. The molecule has 3 rings (SSSR count). The number of ether oxygens (including phenoxy) is 2. The van der Waals surface area contributed by atoms with Gasteiger partial charge in [-0.3, -0.25) is 0 Å². The van der Waals surface area contributed by atoms with Gasteiger partial charge in [-0.15, -0.1) is 12.4 Å². The van der Waals surface area contributed by atoms with E-state index < -0.39 is 10.0 Å². The Morgan fingerprint density at radius 1 is 1.14 bits per heavy atom. The van der Waals surface area contributed by atoms with Crippen molar-refractivity contribution in [2.24, 2.45) is 0 Å². The summed E-state index contributed by atoms with van der Waals surface area (Å²) in [4.78, 5) is 0.309. The monoisotopic (exact) mass is 334 g/mol. The predicted octanol–water partition coefficient (Wildman–Crippen LogP) is 1.13. The molecule has 118 valence electrons. The summed E-state index contributed by atoms with van der Waals surface area (Å²) in [6.45, 7) is 4.51. The summed E-state index contributed by atoms with van der Waals surface area (Å²) in [7, 11) is -3.48. The highest BCUT2D eigenvalue weighted by molar-refractivity contribution is 7.89. The second-order valence-corrected chi connectivity index (χ2v) is 6.88. The summed E-state index contributed by atoms with van der Waals surface area (Å²) in [5.41, 5.74) is 0.687. The largest absolute Gasteiger partial charge is 0.454 e. The van der Waals surface area contributed by atoms with E-state index in [9.17, 15) is 8.42 Å². The third kappa shape index (κ3) is 3.11. The van der Waals surface area contributed by atoms with Gasteiger partial charge >= 0.3 is 0 Å². The van der Waals surface area contributed by atoms with Crippen molar-refractivity contribution >= 4 is 22.4 Å². The summed E-state index contributed by atoms with van der Waals surface area (Å²) in [5, 5.41) is 3.21. The molecule has 0 spiro atoms. The lowest BCUT2D eigenvalue weighted by Crippen LogP contribution is -2.34. The number of nitrogens with zero attached hydrogens (tertiary/aromatic N) is 1. The topological polar surface area (TPSA) is 67.9 Å². The molecule has 1 aromatic rings. The number of hydrogen-bond acceptors (Lipinski definition) is 5. The van der Waals surface area contributed by atoms with Gasteiger partial charge in [0.05, 0.1) is 4.90 Å². The summed E-state index contributed by atoms with van der Waals surface area (Å²) < 4.78 is 37.6. The number of aryl methyl sites for hydroxylation is 1. The molecule has 8 heteroatoms. The Labute approximate surface area is 130 Å². The summed E-state index contributed by atoms with van der Waals surface area (Å²) in [6.07, 6.45) is 0.822. The zero-order valence-electron chi connectivity index (χ0n) is 11.8. The Kier molecular flexibility index (Phi) is 4.98. The van der Waals surface area contributed by atoms with Crippen molar-refractivity contribution in [2.45, 2.75) is 18.2 Å². The number of halogens is 1. The average Bonchev–Trinajstić information content (AvgIpc) is 2.69. The zero-order valence-corrected chi connectivity index (χ0v) is 13.4. The Balaban J connectivity index is 0.00000161. The van der Waals surface area contributed by atoms with Gasteiger partial charge in [-0.25, -0.2) is 8.42 Å². The second kappa shape index (κ2) is 6.39. The number of benzene rings is 1. The van der Waals surface area contributed by atoms with Crippen LogP contribution in [0, 0.1) is 6.92 Å². The highest BCUT2D eigenvalue weighted by Gasteiger charge is 2.29. The number of sulfonamides is 1. The Morgan fingerprint density at radius 2 is 1.86 bits per heavy atom. The first-order valence-corrected chi connectivity index (χ1v) is 8.14. The molecule has 1 saturated heterocycles. The summed E-state index contributed by atoms with van der Waals surface area (Å²) in [6, 6.07) is 3.30. The maximum Gasteiger partial charge on any atom is 0.243 e. The van der Waals surface area contributed by atoms with Gasteiger partial charge in [0.25, 0.3) is 0 Å². The third-order valence-electron chi connectivity index (χ3n) is 3.59. The zero-order chi connectivity index (χ0) is 14.2. The molecule has 0 saturated carbocycles. The molecule has 2 heterocycles. The molecule has 21 heavy (non-hydrogen) atoms. The first-order valence-electron chi connectivity index (χ1n) is 6.70. The molecular weight excluding hydrogens is 316 g/mol. The van der Waals surface area contributed by atoms with Crippen LogP contribution in [-0.2, 0) is 10.0 Å². The first kappa shape index (κ1) is 16.4. The van der Waals surface area contributed by atoms with Crippen molar-refractivity contribution in [3.8, 4) is 11.5 Å². The molecule has 0 unspecified atom stereocenters. The molecule has 0 atom stereocenters. The van der Waals surface area contributed by atoms with E-state index in [4.69, 9.17) is 9.47 Å². The second-order valence-electron chi connectivity index (χ2n) is 4.98. The molecular formula is C13H19ClN2O4S. The molecule has 0 aromatic heterocycles. The lowest BCUT2D eigenvalue weighted by Gasteiger charge is -2.21. The summed E-state index contributed by atoms with van der Waals surface area (Å²) in [5.74, 6) is 1.11. The van der Waals surface area contributed by atoms with Crippen molar-refractivity contribution in [1.82, 2.24) is 9.62 Å². The smallest absolute Gasteiger partial charge is 0.243 e. The maximum atomic E-state index is 12.8. The maximum absolute atomic E-state index is 12.8. The van der Waals surface area contributed by atoms with Crippen LogP contribution in [0.2, 0.25) is 0 Å². The van der Waals surface area contributed by atoms with Crippen molar-refractivity contribution in [3.05, 3.63) is 17.7 Å². The first-order chi connectivity index (χ1) is 9.59. The fourth-order valence-electron chi connectivity index (χ4n) is 2.50. The van der Waals surface area contributed by atoms with Crippen LogP contribution in [0.25, 0.3) is 0 Å². The van der Waals surface area contributed by atoms with Crippen LogP contribution >= 0.6 is 12.4 Å². The van der Waals surface area contributed by atoms with Crippen LogP contribution in [0.5, 0.6) is 11.5 Å². The highest BCUT2D eigenvalue weighted by Crippen LogP contribution is 2.37. The van der Waals surface area contributed by atoms with Crippen LogP contribution in [0.1, 0.15) is 12.0 Å². The molecule has 1 fully saturated rings. The van der Waals surface area contributed by atoms with E-state index >= 15 is 0 Å². The van der Waals surface area contributed by atoms with Crippen molar-refractivity contribution in [1.29, 1.82) is 0 Å². The van der Waals surface area contributed by atoms with Crippen LogP contribution < -0.4 is 14.8 Å². The fraction of sp³-hybridized carbons (Fsp3) is 0.538. The quantitative estimate of drug-likeness (QED) is 0.878. The van der Waals surface area contributed by atoms with Gasteiger partial charge in [0, 0.05) is 25.7 Å². The number of rotatable bonds is 2. The average molecular weight is 335 g/mol. The van der Waals surface area contributed by atoms with Gasteiger partial charge in [-0.1, -0.05) is 0 Å². The predicted molar refractivity (Wildman–Crippen MR) is 80.8 cm³/mol. The molecule has 0 aliphatic carbocycles. The van der Waals surface area contributed by atoms with Gasteiger partial charge < -0.3 is 14.8 Å². The molecule has 2 aliphatic rings. The van der Waals surface area contributed by atoms with E-state index in [-0.39, 0.29) is 19.2 Å². The minimum absolute atomic E-state index is 0. The molecule has 0 radical (unpaired) electrons. The standard InChI is InChI=1S/C13H18N2O4S.ClH/c1-10-7-11-12(19-9-18-11)8-13(10)20(16,17)15-5-2-3-14-4-6-15;/h7-8,14H,2-6,9H2,1H3;1H. The lowest BCUT2D eigenvalue weighted by atomic mass is 10.2. The van der Waals surface area contributed by atoms with Crippen molar-refractivity contribution in [2.75, 3.05) is 33.0 Å². The van der Waals surface area contributed by atoms with Crippen molar-refractivity contribution < 1.29 is 17.9 Å². The molecule has 0 bridgehead atoms. The SMILES string of the molecule is Cc1cc2c(cc1S(=O)(=O)N1CCCNCC1)OCO2.Cl. The van der Waals surface area contributed by atoms with E-state index in [2.05, 4.69) is 5.32 Å². The molecule has 6 nitrogen and oxygen atoms in total. The number of fused-ring (bicyclic) bond motifs is 1. The minimum Gasteiger partial charge on any atom is -0.454 e. The van der Waals surface area contributed by atoms with Crippen LogP contribution in [0.4, 0.5) is 0 Å². The van der Waals surface area contributed by atoms with E-state index in [1.807, 2.05) is 0 Å². The van der Waals surface area contributed by atoms with E-state index in [0.717, 1.165) is 13.0 Å². The third-order valence-corrected chi connectivity index (χ3v) is 5.63. The number of hydrogen-bond donors (Lipinski definition) is 1. The van der Waals surface area contributed by atoms with Crippen LogP contribution in [0.15, 0.2) is 17.0 Å². The van der Waals surface area contributed by atoms with Crippen LogP contribution in [0.3, 0.4) is 0 Å². The van der Waals surface area contributed by atoms with Crippen molar-refractivity contribution in [3.63, 3.8) is 0 Å². The van der Waals surface area contributed by atoms with E-state index in [1.165, 1.54) is 4.31 Å². The molecule has 1 aromatic carbocycles. The normalized spacial score (nSPS) is 18.9. The molecule has 2 aliphatic heterocycles. The Morgan fingerprint density at radius 3 is 2.62 bits per heavy atom. The minimum atomic E-state index is -3.48. The van der Waals surface area contributed by atoms with Gasteiger partial charge in [0.2, 0.25) is 16.8 Å². The van der Waals surface area contributed by atoms with Gasteiger partial charge in [-0.2, -0.15) is 4.31 Å². The number of nitrogens with one attached hydrogen (secondary N) is 1. The van der Waals surface area contributed by atoms with Gasteiger partial charge in [0.15, 0.2) is 11.5 Å². The summed E-state index contributed by atoms with van der Waals surface area (Å²) >= 11 is 0. The van der Waals surface area contributed by atoms with Gasteiger partial charge in [-0.05, 0) is 31.5 Å². The molecule has 1 N–H and O–H groups in total. The van der Waals surface area contributed by atoms with E-state index in [1.54, 1.807) is 19.1 Å². The van der Waals surface area contributed by atoms with Gasteiger partial charge in [0.1, 0.15) is 0 Å². The molecule has 0 amide bonds. The Hall–Kier alpha value is -1.02. The highest BCUT2D eigenvalue weighted by atomic mass is 35.5. The van der Waals surface area contributed by atoms with E-state index in [0.29, 0.717) is 41.6 Å². The van der Waals surface area contributed by atoms with Crippen LogP contribution in [-0.4, -0.2) is 45.7 Å².